The van der Waals surface area contributed by atoms with E-state index >= 15 is 0 Å². The van der Waals surface area contributed by atoms with Crippen LogP contribution in [-0.4, -0.2) is 39.9 Å². The minimum atomic E-state index is 0.0403. The molecule has 5 heteroatoms. The molecule has 5 nitrogen and oxygen atoms in total. The average molecular weight is 276 g/mol. The van der Waals surface area contributed by atoms with Crippen molar-refractivity contribution >= 4 is 11.9 Å². The predicted molar refractivity (Wildman–Crippen MR) is 79.8 cm³/mol. The number of aromatic nitrogens is 2. The van der Waals surface area contributed by atoms with E-state index in [2.05, 4.69) is 29.1 Å². The van der Waals surface area contributed by atoms with Crippen molar-refractivity contribution in [1.82, 2.24) is 14.9 Å². The molecular formula is C15H24N4O. The fourth-order valence-corrected chi connectivity index (χ4v) is 2.64. The van der Waals surface area contributed by atoms with Gasteiger partial charge in [0.15, 0.2) is 0 Å². The van der Waals surface area contributed by atoms with E-state index in [1.165, 1.54) is 6.42 Å². The first kappa shape index (κ1) is 14.8. The minimum absolute atomic E-state index is 0.0403. The molecule has 1 N–H and O–H groups in total. The molecule has 1 aromatic heterocycles. The van der Waals surface area contributed by atoms with Crippen molar-refractivity contribution < 1.29 is 4.79 Å². The normalized spacial score (nSPS) is 18.9. The molecule has 0 radical (unpaired) electrons. The lowest BCUT2D eigenvalue weighted by Crippen LogP contribution is -2.43. The maximum Gasteiger partial charge on any atom is 0.272 e. The van der Waals surface area contributed by atoms with Gasteiger partial charge in [-0.05, 0) is 38.2 Å². The van der Waals surface area contributed by atoms with Crippen LogP contribution in [0.2, 0.25) is 0 Å². The molecule has 1 saturated heterocycles. The molecule has 1 atom stereocenters. The Morgan fingerprint density at radius 1 is 1.45 bits per heavy atom. The second kappa shape index (κ2) is 7.22. The Hall–Kier alpha value is -1.65. The second-order valence-electron chi connectivity index (χ2n) is 5.25. The number of carbonyl (C=O) groups is 1. The van der Waals surface area contributed by atoms with Gasteiger partial charge in [0.1, 0.15) is 5.69 Å². The molecule has 1 aliphatic rings. The van der Waals surface area contributed by atoms with Crippen molar-refractivity contribution in [2.75, 3.05) is 18.4 Å². The summed E-state index contributed by atoms with van der Waals surface area (Å²) in [5.74, 6) is 0.584. The lowest BCUT2D eigenvalue weighted by Gasteiger charge is -2.35. The van der Waals surface area contributed by atoms with Crippen molar-refractivity contribution in [2.24, 2.45) is 0 Å². The van der Waals surface area contributed by atoms with E-state index in [1.54, 1.807) is 12.3 Å². The van der Waals surface area contributed by atoms with Crippen LogP contribution < -0.4 is 5.32 Å². The summed E-state index contributed by atoms with van der Waals surface area (Å²) in [6, 6.07) is 2.07. The van der Waals surface area contributed by atoms with Crippen molar-refractivity contribution in [3.8, 4) is 0 Å². The van der Waals surface area contributed by atoms with Crippen LogP contribution in [0.1, 0.15) is 56.4 Å². The quantitative estimate of drug-likeness (QED) is 0.898. The van der Waals surface area contributed by atoms with Crippen LogP contribution in [0.15, 0.2) is 12.3 Å². The van der Waals surface area contributed by atoms with E-state index in [9.17, 15) is 4.79 Å². The van der Waals surface area contributed by atoms with Gasteiger partial charge in [0.05, 0.1) is 0 Å². The molecule has 1 fully saturated rings. The Kier molecular flexibility index (Phi) is 5.32. The van der Waals surface area contributed by atoms with Crippen LogP contribution >= 0.6 is 0 Å². The van der Waals surface area contributed by atoms with E-state index < -0.39 is 0 Å². The minimum Gasteiger partial charge on any atom is -0.354 e. The topological polar surface area (TPSA) is 58.1 Å². The van der Waals surface area contributed by atoms with Gasteiger partial charge in [-0.3, -0.25) is 4.79 Å². The number of amides is 1. The van der Waals surface area contributed by atoms with Crippen LogP contribution in [0.3, 0.4) is 0 Å². The molecule has 1 amide bonds. The first-order chi connectivity index (χ1) is 9.76. The third-order valence-corrected chi connectivity index (χ3v) is 3.77. The summed E-state index contributed by atoms with van der Waals surface area (Å²) in [6.45, 7) is 5.89. The molecule has 0 aliphatic carbocycles. The van der Waals surface area contributed by atoms with Gasteiger partial charge in [-0.1, -0.05) is 13.8 Å². The Balaban J connectivity index is 2.11. The van der Waals surface area contributed by atoms with Crippen molar-refractivity contribution in [2.45, 2.75) is 52.0 Å². The largest absolute Gasteiger partial charge is 0.354 e. The Morgan fingerprint density at radius 2 is 2.30 bits per heavy atom. The van der Waals surface area contributed by atoms with Gasteiger partial charge in [-0.25, -0.2) is 9.97 Å². The molecule has 1 unspecified atom stereocenters. The Bertz CT molecular complexity index is 449. The van der Waals surface area contributed by atoms with Gasteiger partial charge in [-0.2, -0.15) is 0 Å². The fourth-order valence-electron chi connectivity index (χ4n) is 2.64. The van der Waals surface area contributed by atoms with Crippen molar-refractivity contribution in [3.63, 3.8) is 0 Å². The number of anilines is 1. The van der Waals surface area contributed by atoms with E-state index in [-0.39, 0.29) is 5.91 Å². The van der Waals surface area contributed by atoms with Crippen LogP contribution in [0, 0.1) is 0 Å². The highest BCUT2D eigenvalue weighted by atomic mass is 16.2. The maximum atomic E-state index is 12.6. The van der Waals surface area contributed by atoms with Crippen LogP contribution in [0.5, 0.6) is 0 Å². The summed E-state index contributed by atoms with van der Waals surface area (Å²) in [7, 11) is 0. The monoisotopic (exact) mass is 276 g/mol. The summed E-state index contributed by atoms with van der Waals surface area (Å²) in [6.07, 6.45) is 7.09. The zero-order valence-electron chi connectivity index (χ0n) is 12.4. The number of piperidine rings is 1. The highest BCUT2D eigenvalue weighted by Crippen LogP contribution is 2.21. The molecule has 20 heavy (non-hydrogen) atoms. The average Bonchev–Trinajstić information content (AvgIpc) is 2.52. The molecule has 0 spiro atoms. The number of hydrogen-bond acceptors (Lipinski definition) is 4. The summed E-state index contributed by atoms with van der Waals surface area (Å²) in [4.78, 5) is 23.1. The zero-order valence-corrected chi connectivity index (χ0v) is 12.4. The lowest BCUT2D eigenvalue weighted by atomic mass is 9.99. The van der Waals surface area contributed by atoms with E-state index in [0.717, 1.165) is 38.8 Å². The Morgan fingerprint density at radius 3 is 3.05 bits per heavy atom. The van der Waals surface area contributed by atoms with Gasteiger partial charge < -0.3 is 10.2 Å². The van der Waals surface area contributed by atoms with Gasteiger partial charge in [0, 0.05) is 25.3 Å². The molecule has 1 aromatic rings. The molecule has 2 heterocycles. The molecule has 2 rings (SSSR count). The standard InChI is InChI=1S/C15H24N4O/c1-3-9-16-15-17-10-8-13(18-15)14(20)19-11-6-5-7-12(19)4-2/h8,10,12H,3-7,9,11H2,1-2H3,(H,16,17,18). The highest BCUT2D eigenvalue weighted by molar-refractivity contribution is 5.92. The molecule has 0 saturated carbocycles. The highest BCUT2D eigenvalue weighted by Gasteiger charge is 2.27. The number of nitrogens with one attached hydrogen (secondary N) is 1. The predicted octanol–water partition coefficient (Wildman–Crippen LogP) is 2.70. The molecule has 1 aliphatic heterocycles. The first-order valence-corrected chi connectivity index (χ1v) is 7.64. The third-order valence-electron chi connectivity index (χ3n) is 3.77. The molecule has 0 bridgehead atoms. The third kappa shape index (κ3) is 3.46. The number of rotatable bonds is 5. The van der Waals surface area contributed by atoms with E-state index in [0.29, 0.717) is 17.7 Å². The summed E-state index contributed by atoms with van der Waals surface area (Å²) in [5, 5.41) is 3.12. The van der Waals surface area contributed by atoms with Crippen LogP contribution in [0.25, 0.3) is 0 Å². The summed E-state index contributed by atoms with van der Waals surface area (Å²) >= 11 is 0. The number of hydrogen-bond donors (Lipinski definition) is 1. The summed E-state index contributed by atoms with van der Waals surface area (Å²) in [5.41, 5.74) is 0.499. The van der Waals surface area contributed by atoms with Gasteiger partial charge >= 0.3 is 0 Å². The smallest absolute Gasteiger partial charge is 0.272 e. The second-order valence-corrected chi connectivity index (χ2v) is 5.25. The first-order valence-electron chi connectivity index (χ1n) is 7.64. The maximum absolute atomic E-state index is 12.6. The number of carbonyl (C=O) groups excluding carboxylic acids is 1. The van der Waals surface area contributed by atoms with E-state index in [1.807, 2.05) is 4.90 Å². The number of nitrogens with zero attached hydrogens (tertiary/aromatic N) is 3. The Labute approximate surface area is 120 Å². The van der Waals surface area contributed by atoms with Gasteiger partial charge in [0.2, 0.25) is 5.95 Å². The zero-order chi connectivity index (χ0) is 14.4. The summed E-state index contributed by atoms with van der Waals surface area (Å²) < 4.78 is 0. The van der Waals surface area contributed by atoms with Crippen LogP contribution in [0.4, 0.5) is 5.95 Å². The van der Waals surface area contributed by atoms with Crippen molar-refractivity contribution in [1.29, 1.82) is 0 Å². The number of likely N-dealkylation sites (tertiary alicyclic amines) is 1. The molecular weight excluding hydrogens is 252 g/mol. The SMILES string of the molecule is CCCNc1nccc(C(=O)N2CCCCC2CC)n1. The van der Waals surface area contributed by atoms with Crippen molar-refractivity contribution in [3.05, 3.63) is 18.0 Å². The van der Waals surface area contributed by atoms with Gasteiger partial charge in [0.25, 0.3) is 5.91 Å². The lowest BCUT2D eigenvalue weighted by molar-refractivity contribution is 0.0602. The molecule has 110 valence electrons. The van der Waals surface area contributed by atoms with Gasteiger partial charge in [-0.15, -0.1) is 0 Å². The van der Waals surface area contributed by atoms with Crippen LogP contribution in [-0.2, 0) is 0 Å². The van der Waals surface area contributed by atoms with E-state index in [4.69, 9.17) is 0 Å². The molecule has 0 aromatic carbocycles. The fraction of sp³-hybridized carbons (Fsp3) is 0.667.